The highest BCUT2D eigenvalue weighted by Gasteiger charge is 2.14. The van der Waals surface area contributed by atoms with Gasteiger partial charge in [0.1, 0.15) is 0 Å². The number of carbonyl (C=O) groups excluding carboxylic acids is 3. The van der Waals surface area contributed by atoms with Crippen LogP contribution >= 0.6 is 0 Å². The minimum Gasteiger partial charge on any atom is -0.465 e. The van der Waals surface area contributed by atoms with E-state index in [-0.39, 0.29) is 24.8 Å². The van der Waals surface area contributed by atoms with E-state index in [1.165, 1.54) is 14.0 Å². The molecule has 0 heterocycles. The average molecular weight is 368 g/mol. The molecule has 0 aliphatic rings. The van der Waals surface area contributed by atoms with Crippen molar-refractivity contribution in [3.8, 4) is 0 Å². The number of ether oxygens (including phenoxy) is 1. The summed E-state index contributed by atoms with van der Waals surface area (Å²) in [6.45, 7) is 5.76. The van der Waals surface area contributed by atoms with Crippen LogP contribution < -0.4 is 10.2 Å². The first-order chi connectivity index (χ1) is 12.8. The second-order valence-corrected chi connectivity index (χ2v) is 6.31. The van der Waals surface area contributed by atoms with Crippen molar-refractivity contribution < 1.29 is 19.1 Å². The fourth-order valence-corrected chi connectivity index (χ4v) is 2.61. The fraction of sp³-hybridized carbons (Fsp3) is 0.286. The maximum atomic E-state index is 12.2. The van der Waals surface area contributed by atoms with Crippen LogP contribution in [0.2, 0.25) is 0 Å². The third-order valence-electron chi connectivity index (χ3n) is 4.33. The van der Waals surface area contributed by atoms with Gasteiger partial charge in [0.05, 0.1) is 12.7 Å². The Hall–Kier alpha value is -3.15. The van der Waals surface area contributed by atoms with E-state index in [1.54, 1.807) is 29.2 Å². The van der Waals surface area contributed by atoms with E-state index in [2.05, 4.69) is 10.1 Å². The van der Waals surface area contributed by atoms with Crippen molar-refractivity contribution in [2.45, 2.75) is 27.2 Å². The number of hydrogen-bond donors (Lipinski definition) is 1. The Bertz CT molecular complexity index is 844. The van der Waals surface area contributed by atoms with Crippen molar-refractivity contribution in [1.82, 2.24) is 0 Å². The molecule has 1 N–H and O–H groups in total. The van der Waals surface area contributed by atoms with Crippen molar-refractivity contribution in [1.29, 1.82) is 0 Å². The van der Waals surface area contributed by atoms with Crippen LogP contribution in [0.25, 0.3) is 0 Å². The van der Waals surface area contributed by atoms with Crippen LogP contribution in [0.15, 0.2) is 42.5 Å². The van der Waals surface area contributed by atoms with Gasteiger partial charge in [0.25, 0.3) is 0 Å². The quantitative estimate of drug-likeness (QED) is 0.792. The van der Waals surface area contributed by atoms with Crippen LogP contribution in [-0.2, 0) is 14.3 Å². The molecular formula is C21H24N2O4. The lowest BCUT2D eigenvalue weighted by atomic mass is 10.1. The van der Waals surface area contributed by atoms with Crippen molar-refractivity contribution >= 4 is 29.2 Å². The Balaban J connectivity index is 1.98. The Kier molecular flexibility index (Phi) is 6.71. The molecule has 2 aromatic carbocycles. The van der Waals surface area contributed by atoms with Gasteiger partial charge in [-0.1, -0.05) is 6.07 Å². The molecule has 0 fully saturated rings. The van der Waals surface area contributed by atoms with Gasteiger partial charge < -0.3 is 15.0 Å². The second-order valence-electron chi connectivity index (χ2n) is 6.31. The Morgan fingerprint density at radius 2 is 1.67 bits per heavy atom. The molecule has 6 heteroatoms. The third-order valence-corrected chi connectivity index (χ3v) is 4.33. The van der Waals surface area contributed by atoms with E-state index in [0.29, 0.717) is 11.3 Å². The van der Waals surface area contributed by atoms with Gasteiger partial charge in [-0.3, -0.25) is 9.59 Å². The van der Waals surface area contributed by atoms with Gasteiger partial charge >= 0.3 is 5.97 Å². The van der Waals surface area contributed by atoms with Crippen LogP contribution in [0.1, 0.15) is 34.8 Å². The summed E-state index contributed by atoms with van der Waals surface area (Å²) in [5.41, 5.74) is 4.01. The fourth-order valence-electron chi connectivity index (χ4n) is 2.61. The predicted octanol–water partition coefficient (Wildman–Crippen LogP) is 3.47. The minimum atomic E-state index is -0.432. The molecule has 6 nitrogen and oxygen atoms in total. The molecule has 142 valence electrons. The van der Waals surface area contributed by atoms with Crippen LogP contribution in [0.5, 0.6) is 0 Å². The van der Waals surface area contributed by atoms with Gasteiger partial charge in [-0.15, -0.1) is 0 Å². The monoisotopic (exact) mass is 368 g/mol. The molecule has 0 aliphatic heterocycles. The maximum absolute atomic E-state index is 12.2. The number of aryl methyl sites for hydroxylation is 2. The topological polar surface area (TPSA) is 75.7 Å². The van der Waals surface area contributed by atoms with Gasteiger partial charge in [0, 0.05) is 31.3 Å². The van der Waals surface area contributed by atoms with E-state index < -0.39 is 5.97 Å². The lowest BCUT2D eigenvalue weighted by Gasteiger charge is -2.22. The third kappa shape index (κ3) is 5.41. The lowest BCUT2D eigenvalue weighted by molar-refractivity contribution is -0.117. The lowest BCUT2D eigenvalue weighted by Crippen LogP contribution is -2.32. The van der Waals surface area contributed by atoms with Crippen LogP contribution in [0, 0.1) is 13.8 Å². The number of rotatable bonds is 6. The summed E-state index contributed by atoms with van der Waals surface area (Å²) in [5, 5.41) is 2.76. The number of carbonyl (C=O) groups is 3. The minimum absolute atomic E-state index is 0.117. The number of nitrogens with zero attached hydrogens (tertiary/aromatic N) is 1. The molecule has 0 saturated heterocycles. The predicted molar refractivity (Wildman–Crippen MR) is 105 cm³/mol. The van der Waals surface area contributed by atoms with Gasteiger partial charge in [-0.2, -0.15) is 0 Å². The zero-order valence-electron chi connectivity index (χ0n) is 16.0. The zero-order chi connectivity index (χ0) is 20.0. The molecular weight excluding hydrogens is 344 g/mol. The van der Waals surface area contributed by atoms with E-state index in [4.69, 9.17) is 0 Å². The molecule has 2 amide bonds. The SMILES string of the molecule is COC(=O)c1ccc(NC(=O)CCN(C(C)=O)c2ccc(C)c(C)c2)cc1. The van der Waals surface area contributed by atoms with E-state index >= 15 is 0 Å². The molecule has 2 rings (SSSR count). The Morgan fingerprint density at radius 3 is 2.22 bits per heavy atom. The summed E-state index contributed by atoms with van der Waals surface area (Å²) in [7, 11) is 1.31. The highest BCUT2D eigenvalue weighted by molar-refractivity contribution is 5.95. The number of benzene rings is 2. The van der Waals surface area contributed by atoms with Crippen molar-refractivity contribution in [2.24, 2.45) is 0 Å². The summed E-state index contributed by atoms with van der Waals surface area (Å²) in [4.78, 5) is 37.2. The normalized spacial score (nSPS) is 10.2. The standard InChI is InChI=1S/C21H24N2O4/c1-14-5-10-19(13-15(14)2)23(16(3)24)12-11-20(25)22-18-8-6-17(7-9-18)21(26)27-4/h5-10,13H,11-12H2,1-4H3,(H,22,25). The molecule has 0 spiro atoms. The van der Waals surface area contributed by atoms with Gasteiger partial charge in [0.2, 0.25) is 11.8 Å². The summed E-state index contributed by atoms with van der Waals surface area (Å²) >= 11 is 0. The van der Waals surface area contributed by atoms with E-state index in [0.717, 1.165) is 16.8 Å². The summed E-state index contributed by atoms with van der Waals surface area (Å²) in [5.74, 6) is -0.761. The highest BCUT2D eigenvalue weighted by Crippen LogP contribution is 2.19. The Morgan fingerprint density at radius 1 is 1.00 bits per heavy atom. The molecule has 2 aromatic rings. The summed E-state index contributed by atoms with van der Waals surface area (Å²) in [6, 6.07) is 12.2. The Labute approximate surface area is 159 Å². The van der Waals surface area contributed by atoms with Crippen LogP contribution in [0.4, 0.5) is 11.4 Å². The molecule has 27 heavy (non-hydrogen) atoms. The van der Waals surface area contributed by atoms with Gasteiger partial charge in [-0.25, -0.2) is 4.79 Å². The zero-order valence-corrected chi connectivity index (χ0v) is 16.0. The number of nitrogens with one attached hydrogen (secondary N) is 1. The largest absolute Gasteiger partial charge is 0.465 e. The van der Waals surface area contributed by atoms with Crippen molar-refractivity contribution in [2.75, 3.05) is 23.9 Å². The first-order valence-corrected chi connectivity index (χ1v) is 8.65. The smallest absolute Gasteiger partial charge is 0.337 e. The summed E-state index contributed by atoms with van der Waals surface area (Å²) < 4.78 is 4.64. The molecule has 0 aromatic heterocycles. The molecule has 0 atom stereocenters. The number of anilines is 2. The van der Waals surface area contributed by atoms with Gasteiger partial charge in [-0.05, 0) is 61.4 Å². The average Bonchev–Trinajstić information content (AvgIpc) is 2.64. The molecule has 0 saturated carbocycles. The first kappa shape index (κ1) is 20.2. The van der Waals surface area contributed by atoms with Gasteiger partial charge in [0.15, 0.2) is 0 Å². The van der Waals surface area contributed by atoms with E-state index in [1.807, 2.05) is 32.0 Å². The highest BCUT2D eigenvalue weighted by atomic mass is 16.5. The first-order valence-electron chi connectivity index (χ1n) is 8.65. The maximum Gasteiger partial charge on any atom is 0.337 e. The number of hydrogen-bond acceptors (Lipinski definition) is 4. The number of esters is 1. The second kappa shape index (κ2) is 8.98. The van der Waals surface area contributed by atoms with Crippen LogP contribution in [-0.4, -0.2) is 31.4 Å². The molecule has 0 bridgehead atoms. The number of methoxy groups -OCH3 is 1. The molecule has 0 unspecified atom stereocenters. The molecule has 0 radical (unpaired) electrons. The van der Waals surface area contributed by atoms with Crippen LogP contribution in [0.3, 0.4) is 0 Å². The van der Waals surface area contributed by atoms with E-state index in [9.17, 15) is 14.4 Å². The molecule has 0 aliphatic carbocycles. The summed E-state index contributed by atoms with van der Waals surface area (Å²) in [6.07, 6.45) is 0.158. The van der Waals surface area contributed by atoms with Crippen molar-refractivity contribution in [3.63, 3.8) is 0 Å². The number of amides is 2. The van der Waals surface area contributed by atoms with Crippen molar-refractivity contribution in [3.05, 3.63) is 59.2 Å².